The minimum absolute atomic E-state index is 0.228. The Morgan fingerprint density at radius 1 is 0.379 bits per heavy atom. The quantitative estimate of drug-likeness (QED) is 0.0383. The highest BCUT2D eigenvalue weighted by Gasteiger charge is 2.31. The van der Waals surface area contributed by atoms with Crippen molar-refractivity contribution in [3.8, 4) is 72.4 Å². The first kappa shape index (κ1) is 63.8. The second-order valence-electron chi connectivity index (χ2n) is 24.3. The van der Waals surface area contributed by atoms with Crippen LogP contribution in [-0.2, 0) is 25.7 Å². The highest BCUT2D eigenvalue weighted by molar-refractivity contribution is 7.29. The van der Waals surface area contributed by atoms with Crippen molar-refractivity contribution >= 4 is 111 Å². The summed E-state index contributed by atoms with van der Waals surface area (Å²) in [6.07, 6.45) is 28.1. The molecule has 11 heteroatoms. The lowest BCUT2D eigenvalue weighted by Crippen LogP contribution is -2.01. The van der Waals surface area contributed by atoms with E-state index >= 15 is 8.78 Å². The normalized spacial score (nSPS) is 12.7. The van der Waals surface area contributed by atoms with Crippen molar-refractivity contribution in [2.45, 2.75) is 196 Å². The third-order valence-corrected chi connectivity index (χ3v) is 25.7. The molecule has 0 fully saturated rings. The third kappa shape index (κ3) is 14.6. The van der Waals surface area contributed by atoms with Crippen LogP contribution in [-0.4, -0.2) is 8.75 Å². The highest BCUT2D eigenvalue weighted by atomic mass is 32.1. The van der Waals surface area contributed by atoms with E-state index in [1.807, 2.05) is 51.4 Å². The van der Waals surface area contributed by atoms with E-state index in [9.17, 15) is 0 Å². The number of aromatic nitrogens is 2. The molecule has 2 nitrogen and oxygen atoms in total. The Hall–Kier alpha value is -4.72. The second kappa shape index (κ2) is 30.9. The SMILES string of the molecule is CCCCCCCCc1cc(-c2c(F)c(F)c(-c3cc(CCCCCCCC)c(-c4cc5c(-c6ccc(CC(CC)CCCC)s6)c6sc(-c7ccccc7)cc6c(-c6ccc(CC(CC)CCCC)s6)c5s4)s3)c3nsnc23)sc1-c1ccccc1. The molecule has 0 aliphatic heterocycles. The number of unbranched alkanes of at least 4 members (excludes halogenated alkanes) is 12. The Labute approximate surface area is 545 Å². The number of fused-ring (bicyclic) bond motifs is 3. The zero-order valence-electron chi connectivity index (χ0n) is 52.0. The van der Waals surface area contributed by atoms with Gasteiger partial charge in [0.15, 0.2) is 11.6 Å². The summed E-state index contributed by atoms with van der Waals surface area (Å²) in [5.74, 6) is -0.337. The first-order valence-electron chi connectivity index (χ1n) is 32.9. The molecule has 87 heavy (non-hydrogen) atoms. The Kier molecular flexibility index (Phi) is 22.6. The van der Waals surface area contributed by atoms with Crippen LogP contribution in [0.15, 0.2) is 109 Å². The summed E-state index contributed by atoms with van der Waals surface area (Å²) < 4.78 is 47.8. The molecule has 0 amide bonds. The van der Waals surface area contributed by atoms with Crippen molar-refractivity contribution in [2.75, 3.05) is 0 Å². The molecule has 0 N–H and O–H groups in total. The summed E-state index contributed by atoms with van der Waals surface area (Å²) in [6.45, 7) is 13.9. The Bertz CT molecular complexity index is 3870. The predicted molar refractivity (Wildman–Crippen MR) is 386 cm³/mol. The molecule has 0 saturated heterocycles. The molecule has 456 valence electrons. The van der Waals surface area contributed by atoms with Crippen LogP contribution in [0.25, 0.3) is 104 Å². The van der Waals surface area contributed by atoms with Gasteiger partial charge in [0.1, 0.15) is 11.0 Å². The molecule has 0 spiro atoms. The molecule has 0 aliphatic carbocycles. The fourth-order valence-corrected chi connectivity index (χ4v) is 21.1. The van der Waals surface area contributed by atoms with Crippen LogP contribution in [0, 0.1) is 23.5 Å². The smallest absolute Gasteiger partial charge is 0.170 e. The van der Waals surface area contributed by atoms with E-state index in [1.165, 1.54) is 180 Å². The van der Waals surface area contributed by atoms with Crippen LogP contribution in [0.2, 0.25) is 0 Å². The van der Waals surface area contributed by atoms with Gasteiger partial charge in [-0.05, 0) is 121 Å². The average Bonchev–Trinajstić information content (AvgIpc) is 1.72. The summed E-state index contributed by atoms with van der Waals surface area (Å²) >= 11 is 12.0. The number of thiophene rings is 6. The number of halogens is 2. The van der Waals surface area contributed by atoms with Crippen molar-refractivity contribution in [1.82, 2.24) is 8.75 Å². The summed E-state index contributed by atoms with van der Waals surface area (Å²) in [5, 5.41) is 2.60. The van der Waals surface area contributed by atoms with E-state index in [1.54, 1.807) is 22.7 Å². The maximum Gasteiger partial charge on any atom is 0.170 e. The number of benzene rings is 4. The fraction of sp³-hybridized carbons (Fsp3) is 0.421. The van der Waals surface area contributed by atoms with Crippen molar-refractivity contribution in [1.29, 1.82) is 0 Å². The summed E-state index contributed by atoms with van der Waals surface area (Å²) in [7, 11) is 0. The van der Waals surface area contributed by atoms with Crippen LogP contribution < -0.4 is 0 Å². The van der Waals surface area contributed by atoms with Crippen molar-refractivity contribution < 1.29 is 8.78 Å². The topological polar surface area (TPSA) is 25.8 Å². The fourth-order valence-electron chi connectivity index (χ4n) is 12.9. The molecule has 2 atom stereocenters. The monoisotopic (exact) mass is 1290 g/mol. The summed E-state index contributed by atoms with van der Waals surface area (Å²) in [6, 6.07) is 40.3. The third-order valence-electron chi connectivity index (χ3n) is 18.0. The van der Waals surface area contributed by atoms with Gasteiger partial charge < -0.3 is 0 Å². The maximum absolute atomic E-state index is 17.8. The molecule has 0 aliphatic rings. The lowest BCUT2D eigenvalue weighted by atomic mass is 9.95. The number of rotatable bonds is 33. The van der Waals surface area contributed by atoms with E-state index < -0.39 is 11.6 Å². The number of hydrogen-bond acceptors (Lipinski definition) is 9. The van der Waals surface area contributed by atoms with Crippen LogP contribution in [0.3, 0.4) is 0 Å². The van der Waals surface area contributed by atoms with E-state index in [4.69, 9.17) is 8.75 Å². The molecule has 11 aromatic rings. The Balaban J connectivity index is 1.08. The maximum atomic E-state index is 17.8. The molecule has 7 heterocycles. The molecule has 7 aromatic heterocycles. The first-order chi connectivity index (χ1) is 42.7. The number of aryl methyl sites for hydroxylation is 2. The zero-order valence-corrected chi connectivity index (χ0v) is 57.7. The minimum Gasteiger partial charge on any atom is -0.203 e. The average molecular weight is 1290 g/mol. The van der Waals surface area contributed by atoms with Crippen LogP contribution in [0.4, 0.5) is 8.78 Å². The number of nitrogens with zero attached hydrogens (tertiary/aromatic N) is 2. The minimum atomic E-state index is -0.840. The molecule has 0 radical (unpaired) electrons. The molecular weight excluding hydrogens is 1200 g/mol. The zero-order chi connectivity index (χ0) is 60.2. The molecule has 4 aromatic carbocycles. The van der Waals surface area contributed by atoms with Gasteiger partial charge in [0.2, 0.25) is 0 Å². The first-order valence-corrected chi connectivity index (χ1v) is 38.6. The van der Waals surface area contributed by atoms with Crippen molar-refractivity contribution in [3.05, 3.63) is 142 Å². The molecule has 11 rings (SSSR count). The van der Waals surface area contributed by atoms with Gasteiger partial charge in [0, 0.05) is 80.1 Å². The van der Waals surface area contributed by atoms with Gasteiger partial charge >= 0.3 is 0 Å². The van der Waals surface area contributed by atoms with Gasteiger partial charge in [-0.1, -0.05) is 218 Å². The van der Waals surface area contributed by atoms with Gasteiger partial charge in [-0.3, -0.25) is 0 Å². The molecule has 2 unspecified atom stereocenters. The van der Waals surface area contributed by atoms with Gasteiger partial charge in [0.25, 0.3) is 0 Å². The van der Waals surface area contributed by atoms with Crippen LogP contribution >= 0.6 is 79.7 Å². The van der Waals surface area contributed by atoms with Gasteiger partial charge in [-0.15, -0.1) is 68.0 Å². The standard InChI is InChI=1S/C76H86F2N2S7/c1-7-13-17-19-21-25-37-53-45-62(84-73(53)52-35-29-24-30-36-52)67-69(77)70(78)68(72-71(67)79-87-80-72)63-46-54(38-26-22-20-18-14-8-2)74(85-63)64-48-58-66(60-42-40-56(82-60)44-50(12-6)32-16-10-4)75-57(47-61(83-75)51-33-27-23-28-34-51)65(76(58)86-64)59-41-39-55(81-59)43-49(11-5)31-15-9-3/h23-24,27-30,33-36,39-42,45-50H,7-22,25-26,31-32,37-38,43-44H2,1-6H3. The second-order valence-corrected chi connectivity index (χ2v) is 31.3. The van der Waals surface area contributed by atoms with E-state index in [0.29, 0.717) is 32.6 Å². The largest absolute Gasteiger partial charge is 0.203 e. The Morgan fingerprint density at radius 2 is 0.816 bits per heavy atom. The van der Waals surface area contributed by atoms with Crippen LogP contribution in [0.1, 0.15) is 191 Å². The summed E-state index contributed by atoms with van der Waals surface area (Å²) in [5.41, 5.74) is 8.73. The van der Waals surface area contributed by atoms with Crippen molar-refractivity contribution in [3.63, 3.8) is 0 Å². The lowest BCUT2D eigenvalue weighted by molar-refractivity contribution is 0.452. The lowest BCUT2D eigenvalue weighted by Gasteiger charge is -2.13. The van der Waals surface area contributed by atoms with Gasteiger partial charge in [-0.25, -0.2) is 8.78 Å². The molecule has 0 saturated carbocycles. The van der Waals surface area contributed by atoms with E-state index in [0.717, 1.165) is 78.4 Å². The van der Waals surface area contributed by atoms with E-state index in [2.05, 4.69) is 145 Å². The predicted octanol–water partition coefficient (Wildman–Crippen LogP) is 27.6. The Morgan fingerprint density at radius 3 is 1.31 bits per heavy atom. The van der Waals surface area contributed by atoms with Gasteiger partial charge in [-0.2, -0.15) is 8.75 Å². The van der Waals surface area contributed by atoms with Crippen LogP contribution in [0.5, 0.6) is 0 Å². The molecule has 0 bridgehead atoms. The van der Waals surface area contributed by atoms with Crippen molar-refractivity contribution in [2.24, 2.45) is 11.8 Å². The molecular formula is C76H86F2N2S7. The van der Waals surface area contributed by atoms with Gasteiger partial charge in [0.05, 0.1) is 22.9 Å². The van der Waals surface area contributed by atoms with E-state index in [-0.39, 0.29) is 11.1 Å². The number of hydrogen-bond donors (Lipinski definition) is 0. The highest BCUT2D eigenvalue weighted by Crippen LogP contribution is 2.56. The summed E-state index contributed by atoms with van der Waals surface area (Å²) in [4.78, 5) is 11.7.